The summed E-state index contributed by atoms with van der Waals surface area (Å²) in [5.74, 6) is 0.231. The van der Waals surface area contributed by atoms with Gasteiger partial charge in [0, 0.05) is 26.2 Å². The van der Waals surface area contributed by atoms with Gasteiger partial charge in [-0.1, -0.05) is 12.2 Å². The van der Waals surface area contributed by atoms with E-state index in [1.54, 1.807) is 0 Å². The molecule has 3 aliphatic rings. The quantitative estimate of drug-likeness (QED) is 0.743. The molecule has 1 N–H and O–H groups in total. The molecule has 1 amide bonds. The highest BCUT2D eigenvalue weighted by molar-refractivity contribution is 5.85. The molecule has 2 fully saturated rings. The van der Waals surface area contributed by atoms with Gasteiger partial charge in [-0.2, -0.15) is 0 Å². The Morgan fingerprint density at radius 1 is 1.26 bits per heavy atom. The van der Waals surface area contributed by atoms with Crippen molar-refractivity contribution in [3.8, 4) is 0 Å². The summed E-state index contributed by atoms with van der Waals surface area (Å²) in [5, 5.41) is 3.19. The van der Waals surface area contributed by atoms with E-state index in [4.69, 9.17) is 4.74 Å². The first kappa shape index (κ1) is 14.8. The van der Waals surface area contributed by atoms with E-state index >= 15 is 0 Å². The summed E-state index contributed by atoms with van der Waals surface area (Å²) in [6.07, 6.45) is 9.67. The Hall–Kier alpha value is -0.580. The molecular formula is C14H23ClN2O2. The molecule has 19 heavy (non-hydrogen) atoms. The summed E-state index contributed by atoms with van der Waals surface area (Å²) >= 11 is 0. The molecule has 0 saturated carbocycles. The SMILES string of the molecule is Cl.O=C(C1C=CCN1)N1CCC2(CCCCO2)CC1. The van der Waals surface area contributed by atoms with Gasteiger partial charge in [-0.3, -0.25) is 10.1 Å². The van der Waals surface area contributed by atoms with E-state index in [0.717, 1.165) is 39.1 Å². The Morgan fingerprint density at radius 2 is 2.05 bits per heavy atom. The fourth-order valence-electron chi connectivity index (χ4n) is 3.27. The lowest BCUT2D eigenvalue weighted by Gasteiger charge is -2.44. The highest BCUT2D eigenvalue weighted by Gasteiger charge is 2.38. The van der Waals surface area contributed by atoms with Crippen molar-refractivity contribution < 1.29 is 9.53 Å². The number of hydrogen-bond acceptors (Lipinski definition) is 3. The third-order valence-corrected chi connectivity index (χ3v) is 4.47. The summed E-state index contributed by atoms with van der Waals surface area (Å²) in [6.45, 7) is 3.42. The minimum Gasteiger partial charge on any atom is -0.375 e. The number of nitrogens with zero attached hydrogens (tertiary/aromatic N) is 1. The summed E-state index contributed by atoms with van der Waals surface area (Å²) in [6, 6.07) is -0.0914. The highest BCUT2D eigenvalue weighted by Crippen LogP contribution is 2.34. The largest absolute Gasteiger partial charge is 0.375 e. The lowest BCUT2D eigenvalue weighted by atomic mass is 9.84. The number of rotatable bonds is 1. The molecule has 3 heterocycles. The van der Waals surface area contributed by atoms with Gasteiger partial charge in [0.25, 0.3) is 0 Å². The second-order valence-corrected chi connectivity index (χ2v) is 5.63. The van der Waals surface area contributed by atoms with Gasteiger partial charge >= 0.3 is 0 Å². The normalized spacial score (nSPS) is 29.3. The molecule has 1 spiro atoms. The van der Waals surface area contributed by atoms with Crippen molar-refractivity contribution in [3.05, 3.63) is 12.2 Å². The van der Waals surface area contributed by atoms with E-state index in [2.05, 4.69) is 5.32 Å². The third-order valence-electron chi connectivity index (χ3n) is 4.47. The van der Waals surface area contributed by atoms with Crippen molar-refractivity contribution in [1.29, 1.82) is 0 Å². The zero-order valence-electron chi connectivity index (χ0n) is 11.3. The molecule has 2 saturated heterocycles. The van der Waals surface area contributed by atoms with E-state index in [1.807, 2.05) is 17.1 Å². The summed E-state index contributed by atoms with van der Waals surface area (Å²) in [7, 11) is 0. The Bertz CT molecular complexity index is 343. The molecular weight excluding hydrogens is 264 g/mol. The van der Waals surface area contributed by atoms with Gasteiger partial charge in [0.15, 0.2) is 0 Å². The fraction of sp³-hybridized carbons (Fsp3) is 0.786. The number of amides is 1. The lowest BCUT2D eigenvalue weighted by molar-refractivity contribution is -0.143. The summed E-state index contributed by atoms with van der Waals surface area (Å²) < 4.78 is 5.99. The number of piperidine rings is 1. The van der Waals surface area contributed by atoms with Gasteiger partial charge in [0.2, 0.25) is 5.91 Å². The Balaban J connectivity index is 0.00000133. The van der Waals surface area contributed by atoms with Gasteiger partial charge in [0.1, 0.15) is 6.04 Å². The van der Waals surface area contributed by atoms with Crippen molar-refractivity contribution >= 4 is 18.3 Å². The first-order chi connectivity index (χ1) is 8.79. The molecule has 4 nitrogen and oxygen atoms in total. The van der Waals surface area contributed by atoms with Crippen LogP contribution in [0.1, 0.15) is 32.1 Å². The maximum absolute atomic E-state index is 12.2. The van der Waals surface area contributed by atoms with Crippen molar-refractivity contribution in [3.63, 3.8) is 0 Å². The molecule has 0 bridgehead atoms. The van der Waals surface area contributed by atoms with Gasteiger partial charge in [-0.15, -0.1) is 12.4 Å². The standard InChI is InChI=1S/C14H22N2O2.ClH/c17-13(12-4-3-8-15-12)16-9-6-14(7-10-16)5-1-2-11-18-14;/h3-4,12,15H,1-2,5-11H2;1H. The maximum Gasteiger partial charge on any atom is 0.243 e. The van der Waals surface area contributed by atoms with Crippen molar-refractivity contribution in [1.82, 2.24) is 10.2 Å². The Labute approximate surface area is 121 Å². The average Bonchev–Trinajstić information content (AvgIpc) is 2.94. The van der Waals surface area contributed by atoms with E-state index in [0.29, 0.717) is 0 Å². The zero-order chi connectivity index (χ0) is 12.4. The number of carbonyl (C=O) groups is 1. The van der Waals surface area contributed by atoms with Crippen LogP contribution in [0.3, 0.4) is 0 Å². The summed E-state index contributed by atoms with van der Waals surface area (Å²) in [4.78, 5) is 14.2. The van der Waals surface area contributed by atoms with Crippen LogP contribution >= 0.6 is 12.4 Å². The molecule has 5 heteroatoms. The average molecular weight is 287 g/mol. The molecule has 3 rings (SSSR count). The zero-order valence-corrected chi connectivity index (χ0v) is 12.1. The van der Waals surface area contributed by atoms with Crippen molar-refractivity contribution in [2.45, 2.75) is 43.7 Å². The van der Waals surface area contributed by atoms with Crippen LogP contribution in [0.5, 0.6) is 0 Å². The number of halogens is 1. The second-order valence-electron chi connectivity index (χ2n) is 5.63. The predicted molar refractivity (Wildman–Crippen MR) is 76.5 cm³/mol. The van der Waals surface area contributed by atoms with E-state index in [1.165, 1.54) is 19.3 Å². The molecule has 1 unspecified atom stereocenters. The number of likely N-dealkylation sites (tertiary alicyclic amines) is 1. The number of ether oxygens (including phenoxy) is 1. The minimum atomic E-state index is -0.0914. The molecule has 0 aromatic carbocycles. The second kappa shape index (κ2) is 6.25. The van der Waals surface area contributed by atoms with Crippen LogP contribution in [0.15, 0.2) is 12.2 Å². The van der Waals surface area contributed by atoms with Gasteiger partial charge < -0.3 is 9.64 Å². The van der Waals surface area contributed by atoms with E-state index in [9.17, 15) is 4.79 Å². The minimum absolute atomic E-state index is 0. The smallest absolute Gasteiger partial charge is 0.243 e. The van der Waals surface area contributed by atoms with Crippen molar-refractivity contribution in [2.24, 2.45) is 0 Å². The number of carbonyl (C=O) groups excluding carboxylic acids is 1. The number of hydrogen-bond donors (Lipinski definition) is 1. The first-order valence-corrected chi connectivity index (χ1v) is 7.12. The molecule has 108 valence electrons. The molecule has 0 radical (unpaired) electrons. The molecule has 1 atom stereocenters. The van der Waals surface area contributed by atoms with E-state index in [-0.39, 0.29) is 30.0 Å². The van der Waals surface area contributed by atoms with Gasteiger partial charge in [-0.25, -0.2) is 0 Å². The van der Waals surface area contributed by atoms with Crippen LogP contribution in [0.2, 0.25) is 0 Å². The monoisotopic (exact) mass is 286 g/mol. The highest BCUT2D eigenvalue weighted by atomic mass is 35.5. The molecule has 3 aliphatic heterocycles. The molecule has 0 aromatic rings. The Kier molecular flexibility index (Phi) is 4.87. The van der Waals surface area contributed by atoms with Crippen LogP contribution in [0.25, 0.3) is 0 Å². The fourth-order valence-corrected chi connectivity index (χ4v) is 3.27. The third kappa shape index (κ3) is 3.12. The number of nitrogens with one attached hydrogen (secondary N) is 1. The lowest BCUT2D eigenvalue weighted by Crippen LogP contribution is -2.52. The predicted octanol–water partition coefficient (Wildman–Crippen LogP) is 1.50. The van der Waals surface area contributed by atoms with Crippen LogP contribution in [0, 0.1) is 0 Å². The maximum atomic E-state index is 12.2. The molecule has 0 aliphatic carbocycles. The van der Waals surface area contributed by atoms with Crippen LogP contribution in [0.4, 0.5) is 0 Å². The van der Waals surface area contributed by atoms with E-state index < -0.39 is 0 Å². The van der Waals surface area contributed by atoms with Crippen LogP contribution in [-0.4, -0.2) is 48.7 Å². The Morgan fingerprint density at radius 3 is 2.63 bits per heavy atom. The van der Waals surface area contributed by atoms with Gasteiger partial charge in [0.05, 0.1) is 5.60 Å². The van der Waals surface area contributed by atoms with Crippen LogP contribution < -0.4 is 5.32 Å². The molecule has 0 aromatic heterocycles. The summed E-state index contributed by atoms with van der Waals surface area (Å²) in [5.41, 5.74) is 0.0912. The van der Waals surface area contributed by atoms with Gasteiger partial charge in [-0.05, 0) is 32.1 Å². The topological polar surface area (TPSA) is 41.6 Å². The van der Waals surface area contributed by atoms with Crippen molar-refractivity contribution in [2.75, 3.05) is 26.2 Å². The first-order valence-electron chi connectivity index (χ1n) is 7.12. The van der Waals surface area contributed by atoms with Crippen LogP contribution in [-0.2, 0) is 9.53 Å².